The maximum atomic E-state index is 13.1. The lowest BCUT2D eigenvalue weighted by atomic mass is 9.89. The fourth-order valence-corrected chi connectivity index (χ4v) is 3.77. The molecule has 0 saturated carbocycles. The minimum absolute atomic E-state index is 0. The average molecular weight is 362 g/mol. The Morgan fingerprint density at radius 2 is 1.91 bits per heavy atom. The standard InChI is InChI=1S/C17H25ClFN3.ClH/c1-17(4-5-20-12-17)13-22-8-6-21(7-9-22)11-14-2-3-15(19)10-16(14)18;/h2-3,10,20H,4-9,11-13H2,1H3;1H. The third kappa shape index (κ3) is 5.04. The number of nitrogens with zero attached hydrogens (tertiary/aromatic N) is 2. The van der Waals surface area contributed by atoms with E-state index < -0.39 is 0 Å². The highest BCUT2D eigenvalue weighted by Gasteiger charge is 2.31. The van der Waals surface area contributed by atoms with Crippen molar-refractivity contribution in [3.8, 4) is 0 Å². The van der Waals surface area contributed by atoms with Crippen molar-refractivity contribution in [2.45, 2.75) is 19.9 Å². The van der Waals surface area contributed by atoms with Crippen LogP contribution in [-0.2, 0) is 6.54 Å². The Kier molecular flexibility index (Phi) is 6.69. The quantitative estimate of drug-likeness (QED) is 0.888. The summed E-state index contributed by atoms with van der Waals surface area (Å²) >= 11 is 6.13. The zero-order valence-corrected chi connectivity index (χ0v) is 15.2. The van der Waals surface area contributed by atoms with E-state index >= 15 is 0 Å². The molecule has 2 aliphatic heterocycles. The molecular formula is C17H26Cl2FN3. The van der Waals surface area contributed by atoms with E-state index in [1.54, 1.807) is 6.07 Å². The zero-order valence-electron chi connectivity index (χ0n) is 13.7. The predicted octanol–water partition coefficient (Wildman–Crippen LogP) is 3.02. The Morgan fingerprint density at radius 3 is 2.52 bits per heavy atom. The molecule has 1 aromatic rings. The van der Waals surface area contributed by atoms with Gasteiger partial charge in [-0.1, -0.05) is 24.6 Å². The lowest BCUT2D eigenvalue weighted by molar-refractivity contribution is 0.0933. The fraction of sp³-hybridized carbons (Fsp3) is 0.647. The second-order valence-electron chi connectivity index (χ2n) is 7.03. The van der Waals surface area contributed by atoms with Gasteiger partial charge in [0.15, 0.2) is 0 Å². The van der Waals surface area contributed by atoms with Crippen LogP contribution < -0.4 is 5.32 Å². The predicted molar refractivity (Wildman–Crippen MR) is 96.0 cm³/mol. The molecule has 130 valence electrons. The van der Waals surface area contributed by atoms with Crippen LogP contribution >= 0.6 is 24.0 Å². The second kappa shape index (κ2) is 8.13. The largest absolute Gasteiger partial charge is 0.316 e. The molecule has 0 spiro atoms. The van der Waals surface area contributed by atoms with Gasteiger partial charge in [-0.05, 0) is 36.1 Å². The molecule has 23 heavy (non-hydrogen) atoms. The van der Waals surface area contributed by atoms with Gasteiger partial charge in [-0.2, -0.15) is 0 Å². The van der Waals surface area contributed by atoms with Gasteiger partial charge < -0.3 is 10.2 Å². The molecule has 2 fully saturated rings. The van der Waals surface area contributed by atoms with E-state index in [0.29, 0.717) is 10.4 Å². The normalized spacial score (nSPS) is 26.2. The molecule has 1 unspecified atom stereocenters. The monoisotopic (exact) mass is 361 g/mol. The highest BCUT2D eigenvalue weighted by atomic mass is 35.5. The van der Waals surface area contributed by atoms with Crippen molar-refractivity contribution in [1.29, 1.82) is 0 Å². The second-order valence-corrected chi connectivity index (χ2v) is 7.43. The summed E-state index contributed by atoms with van der Waals surface area (Å²) in [6.45, 7) is 11.0. The van der Waals surface area contributed by atoms with Gasteiger partial charge >= 0.3 is 0 Å². The van der Waals surface area contributed by atoms with E-state index in [1.165, 1.54) is 25.1 Å². The minimum atomic E-state index is -0.267. The summed E-state index contributed by atoms with van der Waals surface area (Å²) in [6.07, 6.45) is 1.28. The molecule has 0 amide bonds. The van der Waals surface area contributed by atoms with E-state index in [-0.39, 0.29) is 18.2 Å². The van der Waals surface area contributed by atoms with E-state index in [4.69, 9.17) is 11.6 Å². The van der Waals surface area contributed by atoms with Gasteiger partial charge in [-0.3, -0.25) is 4.90 Å². The van der Waals surface area contributed by atoms with Crippen molar-refractivity contribution < 1.29 is 4.39 Å². The Bertz CT molecular complexity index is 513. The van der Waals surface area contributed by atoms with E-state index in [0.717, 1.165) is 51.4 Å². The smallest absolute Gasteiger partial charge is 0.124 e. The van der Waals surface area contributed by atoms with Crippen LogP contribution in [0, 0.1) is 11.2 Å². The summed E-state index contributed by atoms with van der Waals surface area (Å²) in [7, 11) is 0. The first-order valence-corrected chi connectivity index (χ1v) is 8.51. The Labute approximate surface area is 149 Å². The van der Waals surface area contributed by atoms with Crippen LogP contribution in [0.25, 0.3) is 0 Å². The maximum Gasteiger partial charge on any atom is 0.124 e. The van der Waals surface area contributed by atoms with Gasteiger partial charge in [0.1, 0.15) is 5.82 Å². The summed E-state index contributed by atoms with van der Waals surface area (Å²) in [5, 5.41) is 4.01. The van der Waals surface area contributed by atoms with Crippen molar-refractivity contribution in [2.75, 3.05) is 45.8 Å². The van der Waals surface area contributed by atoms with Gasteiger partial charge in [0.05, 0.1) is 0 Å². The van der Waals surface area contributed by atoms with Crippen molar-refractivity contribution in [1.82, 2.24) is 15.1 Å². The Morgan fingerprint density at radius 1 is 1.22 bits per heavy atom. The molecule has 1 aromatic carbocycles. The van der Waals surface area contributed by atoms with E-state index in [1.807, 2.05) is 0 Å². The number of hydrogen-bond donors (Lipinski definition) is 1. The number of piperazine rings is 1. The fourth-order valence-electron chi connectivity index (χ4n) is 3.54. The summed E-state index contributed by atoms with van der Waals surface area (Å²) in [6, 6.07) is 4.70. The van der Waals surface area contributed by atoms with Crippen LogP contribution in [-0.4, -0.2) is 55.6 Å². The highest BCUT2D eigenvalue weighted by Crippen LogP contribution is 2.26. The SMILES string of the molecule is CC1(CN2CCN(Cc3ccc(F)cc3Cl)CC2)CCNC1.Cl. The molecule has 1 N–H and O–H groups in total. The summed E-state index contributed by atoms with van der Waals surface area (Å²) in [4.78, 5) is 4.99. The number of hydrogen-bond acceptors (Lipinski definition) is 3. The Balaban J connectivity index is 0.00000192. The lowest BCUT2D eigenvalue weighted by Gasteiger charge is -2.38. The number of halogens is 3. The molecule has 0 radical (unpaired) electrons. The van der Waals surface area contributed by atoms with Crippen molar-refractivity contribution in [3.63, 3.8) is 0 Å². The van der Waals surface area contributed by atoms with Crippen LogP contribution in [0.3, 0.4) is 0 Å². The average Bonchev–Trinajstić information content (AvgIpc) is 2.90. The topological polar surface area (TPSA) is 18.5 Å². The molecule has 0 aliphatic carbocycles. The molecule has 0 bridgehead atoms. The molecule has 3 nitrogen and oxygen atoms in total. The van der Waals surface area contributed by atoms with Gasteiger partial charge in [0, 0.05) is 50.8 Å². The van der Waals surface area contributed by atoms with Crippen LogP contribution in [0.1, 0.15) is 18.9 Å². The molecule has 2 heterocycles. The van der Waals surface area contributed by atoms with Gasteiger partial charge in [0.25, 0.3) is 0 Å². The molecule has 2 saturated heterocycles. The molecular weight excluding hydrogens is 336 g/mol. The third-order valence-corrected chi connectivity index (χ3v) is 5.29. The number of nitrogens with one attached hydrogen (secondary N) is 1. The van der Waals surface area contributed by atoms with Crippen LogP contribution in [0.4, 0.5) is 4.39 Å². The first kappa shape index (κ1) is 18.9. The Hall–Kier alpha value is -0.390. The number of rotatable bonds is 4. The maximum absolute atomic E-state index is 13.1. The van der Waals surface area contributed by atoms with Crippen molar-refractivity contribution in [2.24, 2.45) is 5.41 Å². The van der Waals surface area contributed by atoms with Gasteiger partial charge in [-0.15, -0.1) is 12.4 Å². The van der Waals surface area contributed by atoms with Crippen LogP contribution in [0.5, 0.6) is 0 Å². The summed E-state index contributed by atoms with van der Waals surface area (Å²) in [5.41, 5.74) is 1.45. The van der Waals surface area contributed by atoms with E-state index in [9.17, 15) is 4.39 Å². The van der Waals surface area contributed by atoms with Crippen LogP contribution in [0.15, 0.2) is 18.2 Å². The first-order valence-electron chi connectivity index (χ1n) is 8.13. The zero-order chi connectivity index (χ0) is 15.6. The lowest BCUT2D eigenvalue weighted by Crippen LogP contribution is -2.49. The molecule has 0 aromatic heterocycles. The molecule has 2 aliphatic rings. The molecule has 1 atom stereocenters. The van der Waals surface area contributed by atoms with Gasteiger partial charge in [0.2, 0.25) is 0 Å². The van der Waals surface area contributed by atoms with Crippen molar-refractivity contribution in [3.05, 3.63) is 34.6 Å². The van der Waals surface area contributed by atoms with Crippen LogP contribution in [0.2, 0.25) is 5.02 Å². The third-order valence-electron chi connectivity index (χ3n) is 4.94. The molecule has 3 rings (SSSR count). The van der Waals surface area contributed by atoms with Crippen molar-refractivity contribution >= 4 is 24.0 Å². The van der Waals surface area contributed by atoms with Gasteiger partial charge in [-0.25, -0.2) is 4.39 Å². The summed E-state index contributed by atoms with van der Waals surface area (Å²) < 4.78 is 13.1. The minimum Gasteiger partial charge on any atom is -0.316 e. The molecule has 6 heteroatoms. The highest BCUT2D eigenvalue weighted by molar-refractivity contribution is 6.31. The summed E-state index contributed by atoms with van der Waals surface area (Å²) in [5.74, 6) is -0.267. The number of benzene rings is 1. The van der Waals surface area contributed by atoms with E-state index in [2.05, 4.69) is 22.0 Å². The first-order chi connectivity index (χ1) is 10.5.